The fourth-order valence-corrected chi connectivity index (χ4v) is 11.5. The molecule has 0 rings (SSSR count). The highest BCUT2D eigenvalue weighted by atomic mass is 16.5. The van der Waals surface area contributed by atoms with Gasteiger partial charge in [0, 0.05) is 51.9 Å². The Morgan fingerprint density at radius 2 is 0.377 bits per heavy atom. The van der Waals surface area contributed by atoms with E-state index in [2.05, 4.69) is 62.5 Å². The molecule has 15 heteroatoms. The van der Waals surface area contributed by atoms with Gasteiger partial charge in [-0.15, -0.1) is 0 Å². The fraction of sp³-hybridized carbons (Fsp3) is 0.857. The van der Waals surface area contributed by atoms with Gasteiger partial charge in [0.25, 0.3) is 0 Å². The van der Waals surface area contributed by atoms with Gasteiger partial charge in [0.1, 0.15) is 0 Å². The smallest absolute Gasteiger partial charge is 0.305 e. The van der Waals surface area contributed by atoms with Crippen LogP contribution in [0.15, 0.2) is 48.6 Å². The van der Waals surface area contributed by atoms with Crippen LogP contribution in [-0.2, 0) is 47.7 Å². The average molecular weight is 1510 g/mol. The molecule has 0 fully saturated rings. The first kappa shape index (κ1) is 113. The monoisotopic (exact) mass is 1510 g/mol. The molecule has 2 unspecified atom stereocenters. The molecule has 0 amide bonds. The maximum absolute atomic E-state index is 11.1. The zero-order chi connectivity index (χ0) is 78.3. The molecule has 0 saturated heterocycles. The number of allylic oxidation sites excluding steroid dienone is 8. The number of hydrogen-bond acceptors (Lipinski definition) is 15. The van der Waals surface area contributed by atoms with Crippen LogP contribution in [0.2, 0.25) is 0 Å². The first-order valence-corrected chi connectivity index (χ1v) is 43.9. The van der Waals surface area contributed by atoms with Crippen LogP contribution in [0, 0.1) is 0 Å². The quantitative estimate of drug-likeness (QED) is 0.0165. The van der Waals surface area contributed by atoms with E-state index in [0.29, 0.717) is 91.2 Å². The van der Waals surface area contributed by atoms with Crippen LogP contribution in [0.25, 0.3) is 0 Å². The number of carbonyl (C=O) groups is 5. The summed E-state index contributed by atoms with van der Waals surface area (Å²) >= 11 is 0. The first-order valence-electron chi connectivity index (χ1n) is 43.9. The molecular weight excluding hydrogens is 1330 g/mol. The van der Waals surface area contributed by atoms with Gasteiger partial charge in [-0.05, 0) is 202 Å². The van der Waals surface area contributed by atoms with Gasteiger partial charge in [0.15, 0.2) is 0 Å². The van der Waals surface area contributed by atoms with Gasteiger partial charge >= 0.3 is 29.8 Å². The number of aliphatic hydroxyl groups excluding tert-OH is 5. The molecule has 0 aliphatic rings. The van der Waals surface area contributed by atoms with Crippen molar-refractivity contribution in [3.05, 3.63) is 48.6 Å². The second-order valence-corrected chi connectivity index (χ2v) is 28.1. The molecule has 0 radical (unpaired) electrons. The van der Waals surface area contributed by atoms with Crippen molar-refractivity contribution in [1.82, 2.24) is 0 Å². The summed E-state index contributed by atoms with van der Waals surface area (Å²) in [6.45, 7) is 17.0. The lowest BCUT2D eigenvalue weighted by atomic mass is 10.00. The second kappa shape index (κ2) is 105. The van der Waals surface area contributed by atoms with Gasteiger partial charge in [-0.3, -0.25) is 24.0 Å². The zero-order valence-corrected chi connectivity index (χ0v) is 69.7. The van der Waals surface area contributed by atoms with Crippen LogP contribution >= 0.6 is 0 Å². The fourth-order valence-electron chi connectivity index (χ4n) is 11.5. The largest absolute Gasteiger partial charge is 0.466 e. The standard InChI is InChI=1S/C18H36O5.2C18H34O3.2C18H34O2.CH4/c1-2-23-18(22)14-10-5-3-4-8-12-16(20)17(21)13-9-6-7-11-15-19;2*1-2-21-18(20)16-14-12-10-8-6-4-3-5-7-9-11-13-15-17-19;2*1-3-5-6-7-8-9-10-11-12-13-14-15-16-17-18(19)20-4-2;/h16-17,19-21H,2-15H2,1H3;2*3,5,19H,2,4,6-17H2,1H3;2*9-10H,3-8,11-17H2,1-2H3;1H4/b;5-3+;5-3-;10-9+;10-9-;. The maximum atomic E-state index is 11.1. The normalized spacial score (nSPS) is 11.6. The molecule has 0 aromatic carbocycles. The number of ether oxygens (including phenoxy) is 5. The van der Waals surface area contributed by atoms with Crippen molar-refractivity contribution in [3.63, 3.8) is 0 Å². The first-order chi connectivity index (χ1) is 51.3. The highest BCUT2D eigenvalue weighted by molar-refractivity contribution is 5.70. The predicted octanol–water partition coefficient (Wildman–Crippen LogP) is 24.8. The van der Waals surface area contributed by atoms with E-state index in [1.807, 2.05) is 34.6 Å². The average Bonchev–Trinajstić information content (AvgIpc) is 1.04. The molecule has 0 bridgehead atoms. The minimum atomic E-state index is -0.632. The van der Waals surface area contributed by atoms with Crippen molar-refractivity contribution in [2.45, 2.75) is 453 Å². The summed E-state index contributed by atoms with van der Waals surface area (Å²) in [6.07, 6.45) is 82.9. The minimum Gasteiger partial charge on any atom is -0.466 e. The van der Waals surface area contributed by atoms with Crippen LogP contribution in [0.3, 0.4) is 0 Å². The molecular formula is C91H176O15. The van der Waals surface area contributed by atoms with E-state index in [4.69, 9.17) is 39.0 Å². The summed E-state index contributed by atoms with van der Waals surface area (Å²) in [6, 6.07) is 0. The Hall–Kier alpha value is -3.89. The van der Waals surface area contributed by atoms with Crippen LogP contribution in [-0.4, -0.2) is 120 Å². The molecule has 630 valence electrons. The maximum Gasteiger partial charge on any atom is 0.305 e. The third kappa shape index (κ3) is 111. The zero-order valence-electron chi connectivity index (χ0n) is 69.7. The summed E-state index contributed by atoms with van der Waals surface area (Å²) < 4.78 is 24.5. The molecule has 2 atom stereocenters. The molecule has 0 aromatic heterocycles. The number of aliphatic hydroxyl groups is 5. The van der Waals surface area contributed by atoms with E-state index in [1.165, 1.54) is 205 Å². The van der Waals surface area contributed by atoms with Crippen molar-refractivity contribution in [2.75, 3.05) is 52.9 Å². The van der Waals surface area contributed by atoms with Crippen molar-refractivity contribution in [2.24, 2.45) is 0 Å². The van der Waals surface area contributed by atoms with E-state index < -0.39 is 12.2 Å². The van der Waals surface area contributed by atoms with Crippen molar-refractivity contribution >= 4 is 29.8 Å². The Morgan fingerprint density at radius 1 is 0.226 bits per heavy atom. The van der Waals surface area contributed by atoms with Crippen molar-refractivity contribution in [3.8, 4) is 0 Å². The number of rotatable bonds is 74. The summed E-state index contributed by atoms with van der Waals surface area (Å²) in [4.78, 5) is 55.6. The lowest BCUT2D eigenvalue weighted by Gasteiger charge is -2.17. The third-order valence-corrected chi connectivity index (χ3v) is 17.9. The van der Waals surface area contributed by atoms with Gasteiger partial charge in [-0.1, -0.05) is 256 Å². The third-order valence-electron chi connectivity index (χ3n) is 17.9. The van der Waals surface area contributed by atoms with Gasteiger partial charge in [0.2, 0.25) is 0 Å². The number of esters is 5. The van der Waals surface area contributed by atoms with Crippen LogP contribution in [0.5, 0.6) is 0 Å². The molecule has 0 heterocycles. The topological polar surface area (TPSA) is 233 Å². The lowest BCUT2D eigenvalue weighted by Crippen LogP contribution is -2.25. The van der Waals surface area contributed by atoms with Crippen LogP contribution in [0.1, 0.15) is 441 Å². The molecule has 0 aliphatic carbocycles. The highest BCUT2D eigenvalue weighted by Crippen LogP contribution is 2.17. The lowest BCUT2D eigenvalue weighted by molar-refractivity contribution is -0.144. The molecule has 106 heavy (non-hydrogen) atoms. The summed E-state index contributed by atoms with van der Waals surface area (Å²) in [5.41, 5.74) is 0. The van der Waals surface area contributed by atoms with E-state index in [9.17, 15) is 34.2 Å². The van der Waals surface area contributed by atoms with E-state index in [1.54, 1.807) is 0 Å². The summed E-state index contributed by atoms with van der Waals surface area (Å²) in [5.74, 6) is -0.319. The van der Waals surface area contributed by atoms with E-state index in [0.717, 1.165) is 135 Å². The predicted molar refractivity (Wildman–Crippen MR) is 448 cm³/mol. The van der Waals surface area contributed by atoms with E-state index in [-0.39, 0.29) is 43.9 Å². The molecule has 0 aromatic rings. The number of carbonyl (C=O) groups excluding carboxylic acids is 5. The highest BCUT2D eigenvalue weighted by Gasteiger charge is 2.15. The SMILES string of the molecule is C.CCCCCC/C=C/CCCCCCCC(=O)OCC.CCCCCC/C=C\CCCCCCCC(=O)OCC.CCOC(=O)CCCCCCC/C=C/CCCCCCO.CCOC(=O)CCCCCCC/C=C\CCCCCCO.CCOC(=O)CCCCCCCC(O)C(O)CCCCCCO. The Kier molecular flexibility index (Phi) is 112. The van der Waals surface area contributed by atoms with Crippen LogP contribution < -0.4 is 0 Å². The van der Waals surface area contributed by atoms with Crippen molar-refractivity contribution in [1.29, 1.82) is 0 Å². The number of hydrogen-bond donors (Lipinski definition) is 5. The van der Waals surface area contributed by atoms with Gasteiger partial charge in [0.05, 0.1) is 45.2 Å². The van der Waals surface area contributed by atoms with Gasteiger partial charge in [-0.2, -0.15) is 0 Å². The van der Waals surface area contributed by atoms with Gasteiger partial charge in [-0.25, -0.2) is 0 Å². The second-order valence-electron chi connectivity index (χ2n) is 28.1. The molecule has 15 nitrogen and oxygen atoms in total. The Bertz CT molecular complexity index is 1730. The molecule has 0 aliphatic heterocycles. The van der Waals surface area contributed by atoms with Crippen LogP contribution in [0.4, 0.5) is 0 Å². The Balaban J connectivity index is -0.000000294. The van der Waals surface area contributed by atoms with Gasteiger partial charge < -0.3 is 49.2 Å². The summed E-state index contributed by atoms with van der Waals surface area (Å²) in [5, 5.41) is 45.8. The van der Waals surface area contributed by atoms with Crippen molar-refractivity contribution < 1.29 is 73.2 Å². The Morgan fingerprint density at radius 3 is 0.547 bits per heavy atom. The molecule has 0 saturated carbocycles. The Labute approximate surface area is 654 Å². The van der Waals surface area contributed by atoms with E-state index >= 15 is 0 Å². The molecule has 0 spiro atoms. The number of unbranched alkanes of at least 4 members (excludes halogenated alkanes) is 43. The summed E-state index contributed by atoms with van der Waals surface area (Å²) in [7, 11) is 0. The molecule has 5 N–H and O–H groups in total. The minimum absolute atomic E-state index is 0.